The van der Waals surface area contributed by atoms with E-state index in [0.29, 0.717) is 0 Å². The minimum Gasteiger partial charge on any atom is -0.358 e. The van der Waals surface area contributed by atoms with Crippen LogP contribution in [0.3, 0.4) is 0 Å². The summed E-state index contributed by atoms with van der Waals surface area (Å²) in [4.78, 5) is 1.86. The molecule has 0 bridgehead atoms. The second-order valence-corrected chi connectivity index (χ2v) is 4.47. The number of piperidine rings is 1. The fourth-order valence-electron chi connectivity index (χ4n) is 2.33. The van der Waals surface area contributed by atoms with Crippen LogP contribution in [0.2, 0.25) is 0 Å². The summed E-state index contributed by atoms with van der Waals surface area (Å²) in [6, 6.07) is 0.925. The smallest absolute Gasteiger partial charge is 0.0846 e. The van der Waals surface area contributed by atoms with Crippen LogP contribution in [0, 0.1) is 0 Å². The Kier molecular flexibility index (Phi) is 5.40. The summed E-state index contributed by atoms with van der Waals surface area (Å²) in [6.07, 6.45) is 8.49. The molecule has 2 atom stereocenters. The predicted molar refractivity (Wildman–Crippen MR) is 55.6 cm³/mol. The highest BCUT2D eigenvalue weighted by atomic mass is 15.1. The summed E-state index contributed by atoms with van der Waals surface area (Å²) >= 11 is 0. The van der Waals surface area contributed by atoms with E-state index in [1.165, 1.54) is 51.6 Å². The summed E-state index contributed by atoms with van der Waals surface area (Å²) < 4.78 is 0. The molecule has 13 heavy (non-hydrogen) atoms. The molecule has 1 saturated heterocycles. The fraction of sp³-hybridized carbons (Fsp3) is 1.00. The standard InChI is InChI=1S/C11H24N2/c1-11-7-3-6-10-13(11)9-5-2-4-8-12/h11H,2-10,12H2,1H3/p+2/t11-/m1/s1. The van der Waals surface area contributed by atoms with E-state index in [4.69, 9.17) is 0 Å². The number of rotatable bonds is 5. The average molecular weight is 186 g/mol. The maximum Gasteiger partial charge on any atom is 0.0846 e. The number of unbranched alkanes of at least 4 members (excludes halogenated alkanes) is 2. The molecule has 1 heterocycles. The highest BCUT2D eigenvalue weighted by Crippen LogP contribution is 2.02. The Bertz CT molecular complexity index is 125. The third-order valence-corrected chi connectivity index (χ3v) is 3.33. The Morgan fingerprint density at radius 1 is 1.23 bits per heavy atom. The Morgan fingerprint density at radius 2 is 2.08 bits per heavy atom. The molecule has 0 aromatic carbocycles. The van der Waals surface area contributed by atoms with E-state index in [-0.39, 0.29) is 0 Å². The van der Waals surface area contributed by atoms with Crippen molar-refractivity contribution in [2.24, 2.45) is 0 Å². The lowest BCUT2D eigenvalue weighted by molar-refractivity contribution is -0.928. The van der Waals surface area contributed by atoms with Crippen molar-refractivity contribution in [1.29, 1.82) is 0 Å². The lowest BCUT2D eigenvalue weighted by Gasteiger charge is -2.30. The van der Waals surface area contributed by atoms with Gasteiger partial charge in [-0.3, -0.25) is 0 Å². The van der Waals surface area contributed by atoms with Crippen molar-refractivity contribution in [2.45, 2.75) is 51.5 Å². The monoisotopic (exact) mass is 186 g/mol. The molecule has 0 aromatic heterocycles. The molecule has 0 spiro atoms. The molecular weight excluding hydrogens is 160 g/mol. The maximum atomic E-state index is 3.88. The van der Waals surface area contributed by atoms with E-state index in [1.807, 2.05) is 4.90 Å². The first-order valence-corrected chi connectivity index (χ1v) is 5.98. The summed E-state index contributed by atoms with van der Waals surface area (Å²) in [5.41, 5.74) is 3.88. The Morgan fingerprint density at radius 3 is 2.77 bits per heavy atom. The number of hydrogen-bond donors (Lipinski definition) is 2. The number of nitrogens with one attached hydrogen (secondary N) is 1. The van der Waals surface area contributed by atoms with Gasteiger partial charge in [-0.25, -0.2) is 0 Å². The second-order valence-electron chi connectivity index (χ2n) is 4.47. The zero-order valence-corrected chi connectivity index (χ0v) is 9.15. The molecule has 1 aliphatic heterocycles. The quantitative estimate of drug-likeness (QED) is 0.560. The van der Waals surface area contributed by atoms with Crippen molar-refractivity contribution in [1.82, 2.24) is 0 Å². The van der Waals surface area contributed by atoms with Crippen molar-refractivity contribution < 1.29 is 10.6 Å². The molecular formula is C11H26N2+2. The van der Waals surface area contributed by atoms with Gasteiger partial charge in [0.15, 0.2) is 0 Å². The van der Waals surface area contributed by atoms with Crippen molar-refractivity contribution in [3.05, 3.63) is 0 Å². The second kappa shape index (κ2) is 6.39. The Balaban J connectivity index is 2.05. The van der Waals surface area contributed by atoms with Gasteiger partial charge in [0.25, 0.3) is 0 Å². The Labute approximate surface area is 82.5 Å². The average Bonchev–Trinajstić information content (AvgIpc) is 2.15. The summed E-state index contributed by atoms with van der Waals surface area (Å²) in [7, 11) is 0. The van der Waals surface area contributed by atoms with Gasteiger partial charge in [0.05, 0.1) is 25.7 Å². The van der Waals surface area contributed by atoms with Crippen LogP contribution in [0.15, 0.2) is 0 Å². The SMILES string of the molecule is C[C@@H]1CCCC[NH+]1CCCCC[NH3+]. The van der Waals surface area contributed by atoms with Gasteiger partial charge in [0, 0.05) is 0 Å². The van der Waals surface area contributed by atoms with E-state index in [0.717, 1.165) is 12.6 Å². The molecule has 1 rings (SSSR count). The Hall–Kier alpha value is -0.0800. The van der Waals surface area contributed by atoms with Crippen molar-refractivity contribution in [2.75, 3.05) is 19.6 Å². The molecule has 1 unspecified atom stereocenters. The molecule has 0 aliphatic carbocycles. The normalized spacial score (nSPS) is 29.1. The molecule has 0 saturated carbocycles. The molecule has 0 radical (unpaired) electrons. The van der Waals surface area contributed by atoms with Crippen LogP contribution >= 0.6 is 0 Å². The van der Waals surface area contributed by atoms with Gasteiger partial charge in [-0.05, 0) is 45.4 Å². The third-order valence-electron chi connectivity index (χ3n) is 3.33. The first-order chi connectivity index (χ1) is 6.34. The van der Waals surface area contributed by atoms with Gasteiger partial charge in [-0.15, -0.1) is 0 Å². The van der Waals surface area contributed by atoms with Crippen molar-refractivity contribution in [3.8, 4) is 0 Å². The largest absolute Gasteiger partial charge is 0.358 e. The van der Waals surface area contributed by atoms with E-state index >= 15 is 0 Å². The molecule has 0 amide bonds. The van der Waals surface area contributed by atoms with Gasteiger partial charge in [0.2, 0.25) is 0 Å². The van der Waals surface area contributed by atoms with Gasteiger partial charge < -0.3 is 10.6 Å². The van der Waals surface area contributed by atoms with E-state index in [1.54, 1.807) is 0 Å². The topological polar surface area (TPSA) is 32.1 Å². The molecule has 1 fully saturated rings. The lowest BCUT2D eigenvalue weighted by atomic mass is 10.0. The van der Waals surface area contributed by atoms with Gasteiger partial charge >= 0.3 is 0 Å². The fourth-order valence-corrected chi connectivity index (χ4v) is 2.33. The van der Waals surface area contributed by atoms with Crippen LogP contribution in [-0.4, -0.2) is 25.7 Å². The predicted octanol–water partition coefficient (Wildman–Crippen LogP) is -0.144. The van der Waals surface area contributed by atoms with Gasteiger partial charge in [0.1, 0.15) is 0 Å². The molecule has 2 nitrogen and oxygen atoms in total. The molecule has 4 N–H and O–H groups in total. The van der Waals surface area contributed by atoms with Crippen LogP contribution in [0.4, 0.5) is 0 Å². The molecule has 2 heteroatoms. The zero-order chi connectivity index (χ0) is 9.52. The lowest BCUT2D eigenvalue weighted by Crippen LogP contribution is -3.16. The molecule has 1 aliphatic rings. The summed E-state index contributed by atoms with van der Waals surface area (Å²) in [5.74, 6) is 0. The number of likely N-dealkylation sites (tertiary alicyclic amines) is 1. The minimum atomic E-state index is 0.925. The van der Waals surface area contributed by atoms with Gasteiger partial charge in [-0.2, -0.15) is 0 Å². The van der Waals surface area contributed by atoms with E-state index in [2.05, 4.69) is 12.7 Å². The highest BCUT2D eigenvalue weighted by molar-refractivity contribution is 4.55. The maximum absolute atomic E-state index is 3.88. The first-order valence-electron chi connectivity index (χ1n) is 5.98. The van der Waals surface area contributed by atoms with Crippen molar-refractivity contribution >= 4 is 0 Å². The van der Waals surface area contributed by atoms with Crippen LogP contribution in [-0.2, 0) is 0 Å². The summed E-state index contributed by atoms with van der Waals surface area (Å²) in [6.45, 7) is 6.35. The van der Waals surface area contributed by atoms with E-state index < -0.39 is 0 Å². The van der Waals surface area contributed by atoms with Crippen LogP contribution < -0.4 is 10.6 Å². The van der Waals surface area contributed by atoms with Crippen molar-refractivity contribution in [3.63, 3.8) is 0 Å². The zero-order valence-electron chi connectivity index (χ0n) is 9.15. The van der Waals surface area contributed by atoms with Crippen LogP contribution in [0.1, 0.15) is 45.4 Å². The molecule has 0 aromatic rings. The number of quaternary nitrogens is 2. The first kappa shape index (κ1) is 11.0. The van der Waals surface area contributed by atoms with Crippen LogP contribution in [0.5, 0.6) is 0 Å². The van der Waals surface area contributed by atoms with E-state index in [9.17, 15) is 0 Å². The third kappa shape index (κ3) is 4.10. The van der Waals surface area contributed by atoms with Gasteiger partial charge in [-0.1, -0.05) is 0 Å². The summed E-state index contributed by atoms with van der Waals surface area (Å²) in [5, 5.41) is 0. The number of hydrogen-bond acceptors (Lipinski definition) is 0. The highest BCUT2D eigenvalue weighted by Gasteiger charge is 2.20. The van der Waals surface area contributed by atoms with Crippen LogP contribution in [0.25, 0.3) is 0 Å². The molecule has 78 valence electrons. The minimum absolute atomic E-state index is 0.925.